The molecule has 1 aliphatic heterocycles. The number of methoxy groups -OCH3 is 1. The molecule has 0 radical (unpaired) electrons. The summed E-state index contributed by atoms with van der Waals surface area (Å²) in [7, 11) is 1.74. The second-order valence-electron chi connectivity index (χ2n) is 9.63. The van der Waals surface area contributed by atoms with E-state index in [1.165, 1.54) is 34.9 Å². The fraction of sp³-hybridized carbons (Fsp3) is 0.444. The van der Waals surface area contributed by atoms with Crippen LogP contribution in [0.1, 0.15) is 58.8 Å². The number of H-pyrrole nitrogens is 1. The lowest BCUT2D eigenvalue weighted by molar-refractivity contribution is 0.0696. The molecule has 2 aliphatic rings. The van der Waals surface area contributed by atoms with Crippen molar-refractivity contribution in [2.45, 2.75) is 51.2 Å². The van der Waals surface area contributed by atoms with Crippen molar-refractivity contribution in [3.05, 3.63) is 64.8 Å². The van der Waals surface area contributed by atoms with Crippen molar-refractivity contribution in [1.82, 2.24) is 15.2 Å². The zero-order valence-electron chi connectivity index (χ0n) is 19.4. The van der Waals surface area contributed by atoms with Gasteiger partial charge in [0.15, 0.2) is 0 Å². The number of benzene rings is 2. The monoisotopic (exact) mass is 447 g/mol. The molecule has 174 valence electrons. The molecule has 0 unspecified atom stereocenters. The number of hydrogen-bond donors (Lipinski definition) is 3. The van der Waals surface area contributed by atoms with Crippen LogP contribution < -0.4 is 10.1 Å². The second kappa shape index (κ2) is 9.20. The number of piperidine rings is 1. The molecule has 2 aromatic carbocycles. The summed E-state index contributed by atoms with van der Waals surface area (Å²) in [6.45, 7) is 5.00. The third-order valence-corrected chi connectivity index (χ3v) is 7.34. The first-order valence-electron chi connectivity index (χ1n) is 12.0. The third-order valence-electron chi connectivity index (χ3n) is 7.34. The van der Waals surface area contributed by atoms with E-state index in [9.17, 15) is 9.90 Å². The van der Waals surface area contributed by atoms with Crippen LogP contribution in [0.2, 0.25) is 0 Å². The van der Waals surface area contributed by atoms with Crippen molar-refractivity contribution >= 4 is 16.9 Å². The average molecular weight is 448 g/mol. The Morgan fingerprint density at radius 2 is 2.00 bits per heavy atom. The number of nitrogens with zero attached hydrogens (tertiary/aromatic N) is 1. The largest absolute Gasteiger partial charge is 0.496 e. The molecule has 1 saturated heterocycles. The number of carbonyl (C=O) groups is 1. The number of rotatable bonds is 8. The van der Waals surface area contributed by atoms with Crippen molar-refractivity contribution in [3.63, 3.8) is 0 Å². The highest BCUT2D eigenvalue weighted by atomic mass is 16.5. The first-order chi connectivity index (χ1) is 16.0. The molecule has 6 heteroatoms. The van der Waals surface area contributed by atoms with E-state index in [1.807, 2.05) is 18.3 Å². The molecule has 0 amide bonds. The highest BCUT2D eigenvalue weighted by Crippen LogP contribution is 2.37. The molecule has 1 saturated carbocycles. The van der Waals surface area contributed by atoms with Crippen LogP contribution in [0, 0.1) is 12.8 Å². The molecular weight excluding hydrogens is 414 g/mol. The van der Waals surface area contributed by atoms with Gasteiger partial charge in [-0.05, 0) is 80.5 Å². The van der Waals surface area contributed by atoms with Crippen molar-refractivity contribution in [2.24, 2.45) is 5.92 Å². The van der Waals surface area contributed by atoms with Crippen molar-refractivity contribution in [2.75, 3.05) is 20.2 Å². The number of aryl methyl sites for hydroxylation is 1. The van der Waals surface area contributed by atoms with Gasteiger partial charge in [-0.3, -0.25) is 4.90 Å². The van der Waals surface area contributed by atoms with E-state index in [-0.39, 0.29) is 6.04 Å². The van der Waals surface area contributed by atoms with Crippen LogP contribution in [-0.2, 0) is 6.54 Å². The molecule has 1 aliphatic carbocycles. The first-order valence-corrected chi connectivity index (χ1v) is 12.0. The van der Waals surface area contributed by atoms with Gasteiger partial charge in [0.05, 0.1) is 12.7 Å². The number of likely N-dealkylation sites (tertiary alicyclic amines) is 1. The number of aromatic amines is 1. The van der Waals surface area contributed by atoms with Gasteiger partial charge in [0.2, 0.25) is 0 Å². The maximum absolute atomic E-state index is 11.4. The topological polar surface area (TPSA) is 77.6 Å². The van der Waals surface area contributed by atoms with E-state index < -0.39 is 5.97 Å². The Hall–Kier alpha value is -2.83. The zero-order chi connectivity index (χ0) is 22.9. The number of fused-ring (bicyclic) bond motifs is 1. The van der Waals surface area contributed by atoms with Gasteiger partial charge in [0.1, 0.15) is 5.75 Å². The molecule has 2 fully saturated rings. The molecule has 1 aromatic heterocycles. The van der Waals surface area contributed by atoms with Gasteiger partial charge in [-0.1, -0.05) is 12.1 Å². The number of aromatic carboxylic acids is 1. The Morgan fingerprint density at radius 3 is 2.70 bits per heavy atom. The predicted octanol–water partition coefficient (Wildman–Crippen LogP) is 4.89. The van der Waals surface area contributed by atoms with E-state index in [0.717, 1.165) is 49.7 Å². The Bertz CT molecular complexity index is 1130. The third kappa shape index (κ3) is 4.63. The van der Waals surface area contributed by atoms with E-state index >= 15 is 0 Å². The smallest absolute Gasteiger partial charge is 0.335 e. The summed E-state index contributed by atoms with van der Waals surface area (Å²) in [5.41, 5.74) is 5.05. The predicted molar refractivity (Wildman–Crippen MR) is 130 cm³/mol. The summed E-state index contributed by atoms with van der Waals surface area (Å²) in [6, 6.07) is 12.4. The fourth-order valence-corrected chi connectivity index (χ4v) is 5.22. The molecule has 3 N–H and O–H groups in total. The van der Waals surface area contributed by atoms with Crippen LogP contribution in [0.3, 0.4) is 0 Å². The standard InChI is InChI=1S/C27H33N3O3/c1-17-13-25(33-2)23(22-9-11-28-26(17)22)16-30-12-10-21(29-15-18-3-4-18)14-24(30)19-5-7-20(8-6-19)27(31)32/h5-9,11,13,18,21,24,28-29H,3-4,10,12,14-16H2,1-2H3,(H,31,32)/t21-,24-/m1/s1. The van der Waals surface area contributed by atoms with Crippen molar-refractivity contribution < 1.29 is 14.6 Å². The SMILES string of the molecule is COc1cc(C)c2[nH]ccc2c1CN1CC[C@@H](NCC2CC2)C[C@@H]1c1ccc(C(=O)O)cc1. The Morgan fingerprint density at radius 1 is 1.21 bits per heavy atom. The van der Waals surface area contributed by atoms with Gasteiger partial charge in [-0.2, -0.15) is 0 Å². The average Bonchev–Trinajstić information content (AvgIpc) is 3.53. The van der Waals surface area contributed by atoms with E-state index in [0.29, 0.717) is 11.6 Å². The summed E-state index contributed by atoms with van der Waals surface area (Å²) >= 11 is 0. The van der Waals surface area contributed by atoms with Crippen LogP contribution >= 0.6 is 0 Å². The van der Waals surface area contributed by atoms with Gasteiger partial charge in [-0.25, -0.2) is 4.79 Å². The molecule has 6 nitrogen and oxygen atoms in total. The summed E-state index contributed by atoms with van der Waals surface area (Å²) in [6.07, 6.45) is 6.83. The van der Waals surface area contributed by atoms with Gasteiger partial charge in [-0.15, -0.1) is 0 Å². The van der Waals surface area contributed by atoms with Gasteiger partial charge in [0.25, 0.3) is 0 Å². The molecule has 0 bridgehead atoms. The molecule has 2 atom stereocenters. The van der Waals surface area contributed by atoms with E-state index in [1.54, 1.807) is 19.2 Å². The number of ether oxygens (including phenoxy) is 1. The normalized spacial score (nSPS) is 21.4. The minimum atomic E-state index is -0.884. The lowest BCUT2D eigenvalue weighted by Crippen LogP contribution is -2.44. The van der Waals surface area contributed by atoms with Crippen LogP contribution in [0.5, 0.6) is 5.75 Å². The van der Waals surface area contributed by atoms with Gasteiger partial charge in [0, 0.05) is 47.8 Å². The minimum Gasteiger partial charge on any atom is -0.496 e. The molecule has 33 heavy (non-hydrogen) atoms. The highest BCUT2D eigenvalue weighted by molar-refractivity contribution is 5.88. The first kappa shape index (κ1) is 22.0. The van der Waals surface area contributed by atoms with Crippen LogP contribution in [0.15, 0.2) is 42.6 Å². The van der Waals surface area contributed by atoms with E-state index in [2.05, 4.69) is 34.3 Å². The number of carboxylic acid groups (broad SMARTS) is 1. The number of nitrogens with one attached hydrogen (secondary N) is 2. The van der Waals surface area contributed by atoms with Crippen LogP contribution in [0.25, 0.3) is 10.9 Å². The zero-order valence-corrected chi connectivity index (χ0v) is 19.4. The Labute approximate surface area is 194 Å². The lowest BCUT2D eigenvalue weighted by atomic mass is 9.90. The summed E-state index contributed by atoms with van der Waals surface area (Å²) < 4.78 is 5.80. The van der Waals surface area contributed by atoms with Gasteiger partial charge >= 0.3 is 5.97 Å². The fourth-order valence-electron chi connectivity index (χ4n) is 5.22. The van der Waals surface area contributed by atoms with Crippen molar-refractivity contribution in [1.29, 1.82) is 0 Å². The highest BCUT2D eigenvalue weighted by Gasteiger charge is 2.32. The Kier molecular flexibility index (Phi) is 6.13. The number of aromatic nitrogens is 1. The van der Waals surface area contributed by atoms with Crippen LogP contribution in [-0.4, -0.2) is 47.2 Å². The molecule has 3 aromatic rings. The summed E-state index contributed by atoms with van der Waals surface area (Å²) in [5, 5.41) is 14.3. The summed E-state index contributed by atoms with van der Waals surface area (Å²) in [5.74, 6) is 0.897. The number of hydrogen-bond acceptors (Lipinski definition) is 4. The maximum atomic E-state index is 11.4. The molecule has 5 rings (SSSR count). The molecule has 0 spiro atoms. The van der Waals surface area contributed by atoms with Crippen molar-refractivity contribution in [3.8, 4) is 5.75 Å². The second-order valence-corrected chi connectivity index (χ2v) is 9.63. The number of carboxylic acids is 1. The summed E-state index contributed by atoms with van der Waals surface area (Å²) in [4.78, 5) is 17.3. The minimum absolute atomic E-state index is 0.221. The Balaban J connectivity index is 1.44. The molecular formula is C27H33N3O3. The van der Waals surface area contributed by atoms with Crippen LogP contribution in [0.4, 0.5) is 0 Å². The van der Waals surface area contributed by atoms with Gasteiger partial charge < -0.3 is 20.1 Å². The lowest BCUT2D eigenvalue weighted by Gasteiger charge is -2.40. The maximum Gasteiger partial charge on any atom is 0.335 e. The molecule has 2 heterocycles. The quantitative estimate of drug-likeness (QED) is 0.458. The van der Waals surface area contributed by atoms with E-state index in [4.69, 9.17) is 4.74 Å².